The summed E-state index contributed by atoms with van der Waals surface area (Å²) >= 11 is 0. The molecule has 72 valence electrons. The third-order valence-electron chi connectivity index (χ3n) is 2.41. The lowest BCUT2D eigenvalue weighted by molar-refractivity contribution is 0.226. The SMILES string of the molecule is CC(CO)CNC1CCNCC1. The summed E-state index contributed by atoms with van der Waals surface area (Å²) in [7, 11) is 0. The Bertz CT molecular complexity index is 113. The van der Waals surface area contributed by atoms with Crippen LogP contribution in [0, 0.1) is 5.92 Å². The molecule has 0 amide bonds. The maximum atomic E-state index is 8.81. The molecule has 1 aliphatic heterocycles. The first-order valence-corrected chi connectivity index (χ1v) is 4.88. The molecule has 3 heteroatoms. The Morgan fingerprint density at radius 3 is 2.75 bits per heavy atom. The summed E-state index contributed by atoms with van der Waals surface area (Å²) in [5.74, 6) is 0.389. The van der Waals surface area contributed by atoms with Gasteiger partial charge >= 0.3 is 0 Å². The van der Waals surface area contributed by atoms with Crippen molar-refractivity contribution in [2.24, 2.45) is 5.92 Å². The van der Waals surface area contributed by atoms with Gasteiger partial charge in [-0.3, -0.25) is 0 Å². The molecule has 3 nitrogen and oxygen atoms in total. The second-order valence-electron chi connectivity index (χ2n) is 3.72. The molecule has 1 fully saturated rings. The highest BCUT2D eigenvalue weighted by atomic mass is 16.3. The second kappa shape index (κ2) is 5.51. The predicted molar refractivity (Wildman–Crippen MR) is 50.1 cm³/mol. The minimum absolute atomic E-state index is 0.290. The van der Waals surface area contributed by atoms with Crippen molar-refractivity contribution in [2.75, 3.05) is 26.2 Å². The highest BCUT2D eigenvalue weighted by molar-refractivity contribution is 4.74. The Kier molecular flexibility index (Phi) is 4.58. The first-order chi connectivity index (χ1) is 5.83. The molecular formula is C9H20N2O. The number of piperidine rings is 1. The maximum Gasteiger partial charge on any atom is 0.0468 e. The lowest BCUT2D eigenvalue weighted by atomic mass is 10.1. The number of hydrogen-bond donors (Lipinski definition) is 3. The van der Waals surface area contributed by atoms with Crippen LogP contribution in [0.1, 0.15) is 19.8 Å². The number of rotatable bonds is 4. The number of nitrogens with one attached hydrogen (secondary N) is 2. The first kappa shape index (κ1) is 9.96. The molecule has 0 aromatic heterocycles. The van der Waals surface area contributed by atoms with Gasteiger partial charge in [0.2, 0.25) is 0 Å². The van der Waals surface area contributed by atoms with E-state index in [4.69, 9.17) is 5.11 Å². The quantitative estimate of drug-likeness (QED) is 0.557. The van der Waals surface area contributed by atoms with Gasteiger partial charge in [-0.15, -0.1) is 0 Å². The fourth-order valence-electron chi connectivity index (χ4n) is 1.46. The average Bonchev–Trinajstić information content (AvgIpc) is 2.16. The lowest BCUT2D eigenvalue weighted by Gasteiger charge is -2.24. The predicted octanol–water partition coefficient (Wildman–Crippen LogP) is -0.0436. The van der Waals surface area contributed by atoms with Crippen molar-refractivity contribution >= 4 is 0 Å². The van der Waals surface area contributed by atoms with Crippen molar-refractivity contribution in [3.63, 3.8) is 0 Å². The van der Waals surface area contributed by atoms with Crippen molar-refractivity contribution < 1.29 is 5.11 Å². The van der Waals surface area contributed by atoms with E-state index in [1.807, 2.05) is 0 Å². The van der Waals surface area contributed by atoms with E-state index in [0.29, 0.717) is 12.0 Å². The first-order valence-electron chi connectivity index (χ1n) is 4.88. The third kappa shape index (κ3) is 3.52. The van der Waals surface area contributed by atoms with Crippen LogP contribution < -0.4 is 10.6 Å². The van der Waals surface area contributed by atoms with Gasteiger partial charge in [0.1, 0.15) is 0 Å². The molecule has 0 aliphatic carbocycles. The molecule has 1 heterocycles. The monoisotopic (exact) mass is 172 g/mol. The molecule has 3 N–H and O–H groups in total. The molecule has 0 saturated carbocycles. The van der Waals surface area contributed by atoms with Gasteiger partial charge in [-0.1, -0.05) is 6.92 Å². The van der Waals surface area contributed by atoms with Crippen molar-refractivity contribution in [1.82, 2.24) is 10.6 Å². The van der Waals surface area contributed by atoms with Gasteiger partial charge in [0.15, 0.2) is 0 Å². The van der Waals surface area contributed by atoms with Crippen molar-refractivity contribution in [2.45, 2.75) is 25.8 Å². The molecule has 0 bridgehead atoms. The van der Waals surface area contributed by atoms with E-state index in [0.717, 1.165) is 19.6 Å². The second-order valence-corrected chi connectivity index (χ2v) is 3.72. The van der Waals surface area contributed by atoms with Gasteiger partial charge in [0.05, 0.1) is 0 Å². The molecule has 0 aromatic rings. The van der Waals surface area contributed by atoms with Crippen molar-refractivity contribution in [3.05, 3.63) is 0 Å². The van der Waals surface area contributed by atoms with Crippen LogP contribution >= 0.6 is 0 Å². The zero-order valence-corrected chi connectivity index (χ0v) is 7.84. The van der Waals surface area contributed by atoms with Gasteiger partial charge in [-0.05, 0) is 31.8 Å². The highest BCUT2D eigenvalue weighted by Gasteiger charge is 2.12. The summed E-state index contributed by atoms with van der Waals surface area (Å²) in [4.78, 5) is 0. The molecule has 1 aliphatic rings. The molecule has 1 rings (SSSR count). The van der Waals surface area contributed by atoms with Crippen molar-refractivity contribution in [1.29, 1.82) is 0 Å². The molecule has 1 saturated heterocycles. The molecule has 1 unspecified atom stereocenters. The van der Waals surface area contributed by atoms with Crippen LogP contribution in [0.4, 0.5) is 0 Å². The number of aliphatic hydroxyl groups excluding tert-OH is 1. The van der Waals surface area contributed by atoms with E-state index in [-0.39, 0.29) is 6.61 Å². The normalized spacial score (nSPS) is 22.5. The van der Waals surface area contributed by atoms with Crippen molar-refractivity contribution in [3.8, 4) is 0 Å². The van der Waals surface area contributed by atoms with Crippen LogP contribution in [0.2, 0.25) is 0 Å². The molecular weight excluding hydrogens is 152 g/mol. The van der Waals surface area contributed by atoms with E-state index in [1.54, 1.807) is 0 Å². The van der Waals surface area contributed by atoms with Gasteiger partial charge in [-0.2, -0.15) is 0 Å². The fraction of sp³-hybridized carbons (Fsp3) is 1.00. The standard InChI is InChI=1S/C9H20N2O/c1-8(7-12)6-11-9-2-4-10-5-3-9/h8-12H,2-7H2,1H3. The number of hydrogen-bond acceptors (Lipinski definition) is 3. The summed E-state index contributed by atoms with van der Waals surface area (Å²) in [6, 6.07) is 0.667. The van der Waals surface area contributed by atoms with E-state index in [2.05, 4.69) is 17.6 Å². The zero-order chi connectivity index (χ0) is 8.81. The fourth-order valence-corrected chi connectivity index (χ4v) is 1.46. The third-order valence-corrected chi connectivity index (χ3v) is 2.41. The Balaban J connectivity index is 2.05. The summed E-state index contributed by atoms with van der Waals surface area (Å²) in [6.07, 6.45) is 2.44. The Hall–Kier alpha value is -0.120. The summed E-state index contributed by atoms with van der Waals surface area (Å²) in [6.45, 7) is 5.56. The van der Waals surface area contributed by atoms with Crippen LogP contribution in [0.25, 0.3) is 0 Å². The topological polar surface area (TPSA) is 44.3 Å². The van der Waals surface area contributed by atoms with E-state index < -0.39 is 0 Å². The van der Waals surface area contributed by atoms with Gasteiger partial charge in [-0.25, -0.2) is 0 Å². The zero-order valence-electron chi connectivity index (χ0n) is 7.84. The van der Waals surface area contributed by atoms with E-state index in [9.17, 15) is 0 Å². The minimum atomic E-state index is 0.290. The molecule has 1 atom stereocenters. The molecule has 0 radical (unpaired) electrons. The van der Waals surface area contributed by atoms with Crippen LogP contribution in [-0.2, 0) is 0 Å². The van der Waals surface area contributed by atoms with Crippen LogP contribution in [0.3, 0.4) is 0 Å². The highest BCUT2D eigenvalue weighted by Crippen LogP contribution is 2.02. The van der Waals surface area contributed by atoms with Gasteiger partial charge < -0.3 is 15.7 Å². The molecule has 0 spiro atoms. The summed E-state index contributed by atoms with van der Waals surface area (Å²) in [5, 5.41) is 15.6. The van der Waals surface area contributed by atoms with Gasteiger partial charge in [0, 0.05) is 19.2 Å². The largest absolute Gasteiger partial charge is 0.396 e. The number of aliphatic hydroxyl groups is 1. The van der Waals surface area contributed by atoms with Crippen LogP contribution in [-0.4, -0.2) is 37.4 Å². The minimum Gasteiger partial charge on any atom is -0.396 e. The molecule has 12 heavy (non-hydrogen) atoms. The average molecular weight is 172 g/mol. The Labute approximate surface area is 74.5 Å². The van der Waals surface area contributed by atoms with E-state index >= 15 is 0 Å². The van der Waals surface area contributed by atoms with Crippen LogP contribution in [0.5, 0.6) is 0 Å². The maximum absolute atomic E-state index is 8.81. The smallest absolute Gasteiger partial charge is 0.0468 e. The summed E-state index contributed by atoms with van der Waals surface area (Å²) in [5.41, 5.74) is 0. The Morgan fingerprint density at radius 2 is 2.17 bits per heavy atom. The lowest BCUT2D eigenvalue weighted by Crippen LogP contribution is -2.41. The summed E-state index contributed by atoms with van der Waals surface area (Å²) < 4.78 is 0. The van der Waals surface area contributed by atoms with Gasteiger partial charge in [0.25, 0.3) is 0 Å². The Morgan fingerprint density at radius 1 is 1.50 bits per heavy atom. The van der Waals surface area contributed by atoms with E-state index in [1.165, 1.54) is 12.8 Å². The van der Waals surface area contributed by atoms with Crippen LogP contribution in [0.15, 0.2) is 0 Å². The molecule has 0 aromatic carbocycles.